The predicted octanol–water partition coefficient (Wildman–Crippen LogP) is 3.53. The molecule has 2 aromatic carbocycles. The van der Waals surface area contributed by atoms with Crippen LogP contribution in [0.4, 0.5) is 10.1 Å². The molecule has 0 atom stereocenters. The van der Waals surface area contributed by atoms with Crippen LogP contribution in [-0.4, -0.2) is 16.0 Å². The number of aromatic carboxylic acids is 1. The number of hydrogen-bond acceptors (Lipinski definition) is 4. The van der Waals surface area contributed by atoms with Crippen LogP contribution in [0.1, 0.15) is 15.9 Å². The van der Waals surface area contributed by atoms with Crippen molar-refractivity contribution in [2.45, 2.75) is 6.92 Å². The summed E-state index contributed by atoms with van der Waals surface area (Å²) in [7, 11) is 0. The van der Waals surface area contributed by atoms with Gasteiger partial charge in [0, 0.05) is 11.6 Å². The van der Waals surface area contributed by atoms with Crippen LogP contribution < -0.4 is 4.74 Å². The molecular weight excluding hydrogens is 281 g/mol. The average Bonchev–Trinajstić information content (AvgIpc) is 2.40. The lowest BCUT2D eigenvalue weighted by Gasteiger charge is -2.10. The van der Waals surface area contributed by atoms with Gasteiger partial charge in [-0.15, -0.1) is 0 Å². The molecule has 7 heteroatoms. The molecule has 0 aliphatic heterocycles. The summed E-state index contributed by atoms with van der Waals surface area (Å²) in [6.45, 7) is 1.53. The summed E-state index contributed by atoms with van der Waals surface area (Å²) in [5, 5.41) is 19.7. The van der Waals surface area contributed by atoms with Crippen molar-refractivity contribution in [3.05, 3.63) is 63.5 Å². The molecule has 2 aromatic rings. The second-order valence-electron chi connectivity index (χ2n) is 4.24. The molecule has 108 valence electrons. The first kappa shape index (κ1) is 14.4. The lowest BCUT2D eigenvalue weighted by Crippen LogP contribution is -2.01. The summed E-state index contributed by atoms with van der Waals surface area (Å²) >= 11 is 0. The molecule has 0 bridgehead atoms. The van der Waals surface area contributed by atoms with Gasteiger partial charge in [0.05, 0.1) is 22.6 Å². The van der Waals surface area contributed by atoms with Crippen molar-refractivity contribution >= 4 is 11.7 Å². The Bertz CT molecular complexity index is 729. The van der Waals surface area contributed by atoms with E-state index >= 15 is 0 Å². The van der Waals surface area contributed by atoms with E-state index in [1.165, 1.54) is 25.1 Å². The summed E-state index contributed by atoms with van der Waals surface area (Å²) in [6.07, 6.45) is 0. The maximum Gasteiger partial charge on any atom is 0.336 e. The van der Waals surface area contributed by atoms with Gasteiger partial charge in [-0.05, 0) is 19.1 Å². The zero-order valence-electron chi connectivity index (χ0n) is 10.9. The number of benzene rings is 2. The van der Waals surface area contributed by atoms with E-state index in [-0.39, 0.29) is 17.1 Å². The molecule has 0 spiro atoms. The van der Waals surface area contributed by atoms with Crippen molar-refractivity contribution in [3.63, 3.8) is 0 Å². The van der Waals surface area contributed by atoms with E-state index in [1.807, 2.05) is 0 Å². The minimum Gasteiger partial charge on any atom is -0.478 e. The molecule has 0 aliphatic rings. The Morgan fingerprint density at radius 1 is 1.33 bits per heavy atom. The number of carboxylic acids is 1. The third kappa shape index (κ3) is 3.14. The maximum absolute atomic E-state index is 13.3. The lowest BCUT2D eigenvalue weighted by molar-refractivity contribution is -0.385. The van der Waals surface area contributed by atoms with Crippen molar-refractivity contribution in [2.24, 2.45) is 0 Å². The van der Waals surface area contributed by atoms with E-state index in [2.05, 4.69) is 0 Å². The zero-order chi connectivity index (χ0) is 15.6. The molecule has 0 aliphatic carbocycles. The van der Waals surface area contributed by atoms with Gasteiger partial charge in [0.15, 0.2) is 0 Å². The normalized spacial score (nSPS) is 10.2. The Kier molecular flexibility index (Phi) is 3.84. The Morgan fingerprint density at radius 2 is 2.05 bits per heavy atom. The molecule has 0 fully saturated rings. The van der Waals surface area contributed by atoms with Crippen LogP contribution in [0.5, 0.6) is 11.5 Å². The zero-order valence-corrected chi connectivity index (χ0v) is 10.9. The number of non-ortho nitro benzene ring substituents is 1. The van der Waals surface area contributed by atoms with Gasteiger partial charge in [0.25, 0.3) is 5.69 Å². The van der Waals surface area contributed by atoms with Gasteiger partial charge in [-0.2, -0.15) is 0 Å². The highest BCUT2D eigenvalue weighted by atomic mass is 19.1. The van der Waals surface area contributed by atoms with Gasteiger partial charge in [-0.3, -0.25) is 10.1 Å². The number of halogens is 1. The Morgan fingerprint density at radius 3 is 2.67 bits per heavy atom. The van der Waals surface area contributed by atoms with Gasteiger partial charge < -0.3 is 9.84 Å². The van der Waals surface area contributed by atoms with E-state index in [0.717, 1.165) is 18.2 Å². The van der Waals surface area contributed by atoms with Crippen LogP contribution in [0, 0.1) is 22.9 Å². The van der Waals surface area contributed by atoms with Crippen molar-refractivity contribution in [2.75, 3.05) is 0 Å². The van der Waals surface area contributed by atoms with Crippen LogP contribution in [0.3, 0.4) is 0 Å². The monoisotopic (exact) mass is 291 g/mol. The molecule has 2 rings (SSSR count). The highest BCUT2D eigenvalue weighted by Crippen LogP contribution is 2.30. The van der Waals surface area contributed by atoms with E-state index in [9.17, 15) is 19.3 Å². The van der Waals surface area contributed by atoms with Crippen molar-refractivity contribution < 1.29 is 24.0 Å². The van der Waals surface area contributed by atoms with Crippen LogP contribution in [0.15, 0.2) is 36.4 Å². The quantitative estimate of drug-likeness (QED) is 0.687. The largest absolute Gasteiger partial charge is 0.478 e. The van der Waals surface area contributed by atoms with Gasteiger partial charge >= 0.3 is 5.97 Å². The molecule has 0 saturated heterocycles. The minimum atomic E-state index is -1.12. The molecule has 0 radical (unpaired) electrons. The molecule has 1 N–H and O–H groups in total. The molecule has 0 aromatic heterocycles. The van der Waals surface area contributed by atoms with Crippen molar-refractivity contribution in [1.82, 2.24) is 0 Å². The fourth-order valence-corrected chi connectivity index (χ4v) is 1.80. The predicted molar refractivity (Wildman–Crippen MR) is 71.3 cm³/mol. The second-order valence-corrected chi connectivity index (χ2v) is 4.24. The van der Waals surface area contributed by atoms with E-state index in [1.54, 1.807) is 0 Å². The number of hydrogen-bond donors (Lipinski definition) is 1. The Labute approximate surface area is 118 Å². The molecule has 0 amide bonds. The third-order valence-electron chi connectivity index (χ3n) is 2.81. The van der Waals surface area contributed by atoms with Crippen LogP contribution in [-0.2, 0) is 0 Å². The number of carbonyl (C=O) groups is 1. The number of nitro benzene ring substituents is 1. The van der Waals surface area contributed by atoms with Crippen LogP contribution >= 0.6 is 0 Å². The molecule has 0 unspecified atom stereocenters. The van der Waals surface area contributed by atoms with Crippen LogP contribution in [0.25, 0.3) is 0 Å². The molecule has 21 heavy (non-hydrogen) atoms. The minimum absolute atomic E-state index is 0.0402. The summed E-state index contributed by atoms with van der Waals surface area (Å²) in [5.74, 6) is -1.82. The summed E-state index contributed by atoms with van der Waals surface area (Å²) in [4.78, 5) is 21.0. The Hall–Kier alpha value is -2.96. The van der Waals surface area contributed by atoms with Crippen molar-refractivity contribution in [3.8, 4) is 11.5 Å². The average molecular weight is 291 g/mol. The first-order chi connectivity index (χ1) is 9.88. The fourth-order valence-electron chi connectivity index (χ4n) is 1.80. The Balaban J connectivity index is 2.41. The first-order valence-electron chi connectivity index (χ1n) is 5.84. The lowest BCUT2D eigenvalue weighted by atomic mass is 10.1. The number of nitro groups is 1. The molecule has 0 saturated carbocycles. The number of rotatable bonds is 4. The van der Waals surface area contributed by atoms with E-state index < -0.39 is 22.4 Å². The summed E-state index contributed by atoms with van der Waals surface area (Å²) in [6, 6.07) is 7.19. The third-order valence-corrected chi connectivity index (χ3v) is 2.81. The highest BCUT2D eigenvalue weighted by Gasteiger charge is 2.14. The van der Waals surface area contributed by atoms with E-state index in [4.69, 9.17) is 9.84 Å². The highest BCUT2D eigenvalue weighted by molar-refractivity contribution is 5.90. The second kappa shape index (κ2) is 5.58. The SMILES string of the molecule is Cc1c(Oc2cc(F)cc([N+](=O)[O-])c2)cccc1C(=O)O. The van der Waals surface area contributed by atoms with Crippen LogP contribution in [0.2, 0.25) is 0 Å². The topological polar surface area (TPSA) is 89.7 Å². The molecular formula is C14H10FNO5. The summed E-state index contributed by atoms with van der Waals surface area (Å²) < 4.78 is 18.7. The summed E-state index contributed by atoms with van der Waals surface area (Å²) in [5.41, 5.74) is -0.0626. The van der Waals surface area contributed by atoms with Gasteiger partial charge in [-0.25, -0.2) is 9.18 Å². The number of nitrogens with zero attached hydrogens (tertiary/aromatic N) is 1. The van der Waals surface area contributed by atoms with Crippen molar-refractivity contribution in [1.29, 1.82) is 0 Å². The molecule has 0 heterocycles. The first-order valence-corrected chi connectivity index (χ1v) is 5.84. The maximum atomic E-state index is 13.3. The standard InChI is InChI=1S/C14H10FNO5/c1-8-12(14(17)18)3-2-4-13(8)21-11-6-9(15)5-10(7-11)16(19)20/h2-7H,1H3,(H,17,18). The molecule has 6 nitrogen and oxygen atoms in total. The van der Waals surface area contributed by atoms with Gasteiger partial charge in [0.1, 0.15) is 17.3 Å². The number of ether oxygens (including phenoxy) is 1. The number of carboxylic acid groups (broad SMARTS) is 1. The van der Waals surface area contributed by atoms with E-state index in [0.29, 0.717) is 5.56 Å². The van der Waals surface area contributed by atoms with Gasteiger partial charge in [-0.1, -0.05) is 6.07 Å². The van der Waals surface area contributed by atoms with Gasteiger partial charge in [0.2, 0.25) is 0 Å². The smallest absolute Gasteiger partial charge is 0.336 e. The fraction of sp³-hybridized carbons (Fsp3) is 0.0714.